The Morgan fingerprint density at radius 1 is 0.964 bits per heavy atom. The summed E-state index contributed by atoms with van der Waals surface area (Å²) in [6.45, 7) is 1.69. The number of hydrogen-bond donors (Lipinski definition) is 1. The van der Waals surface area contributed by atoms with Gasteiger partial charge in [0.2, 0.25) is 11.0 Å². The summed E-state index contributed by atoms with van der Waals surface area (Å²) >= 11 is 2.96. The summed E-state index contributed by atoms with van der Waals surface area (Å²) in [4.78, 5) is 15.2. The number of hydrogen-bond acceptors (Lipinski definition) is 6. The van der Waals surface area contributed by atoms with E-state index in [1.807, 2.05) is 65.6 Å². The second-order valence-corrected chi connectivity index (χ2v) is 8.99. The van der Waals surface area contributed by atoms with Crippen LogP contribution in [0.15, 0.2) is 65.0 Å². The molecule has 0 radical (unpaired) electrons. The van der Waals surface area contributed by atoms with Crippen LogP contribution in [0.5, 0.6) is 0 Å². The predicted molar refractivity (Wildman–Crippen MR) is 115 cm³/mol. The molecule has 7 heteroatoms. The molecule has 5 nitrogen and oxygen atoms in total. The minimum atomic E-state index is -0.295. The van der Waals surface area contributed by atoms with Crippen LogP contribution in [0.2, 0.25) is 0 Å². The van der Waals surface area contributed by atoms with Crippen molar-refractivity contribution in [3.8, 4) is 0 Å². The van der Waals surface area contributed by atoms with Gasteiger partial charge in [-0.15, -0.1) is 10.2 Å². The molecule has 1 aliphatic heterocycles. The van der Waals surface area contributed by atoms with Gasteiger partial charge in [-0.3, -0.25) is 4.79 Å². The predicted octanol–water partition coefficient (Wildman–Crippen LogP) is 5.13. The van der Waals surface area contributed by atoms with Gasteiger partial charge in [-0.25, -0.2) is 0 Å². The van der Waals surface area contributed by atoms with Gasteiger partial charge in [0, 0.05) is 18.8 Å². The van der Waals surface area contributed by atoms with E-state index in [2.05, 4.69) is 15.5 Å². The van der Waals surface area contributed by atoms with E-state index in [0.29, 0.717) is 0 Å². The zero-order valence-electron chi connectivity index (χ0n) is 15.5. The molecule has 1 unspecified atom stereocenters. The highest BCUT2D eigenvalue weighted by Crippen LogP contribution is 2.39. The van der Waals surface area contributed by atoms with Crippen molar-refractivity contribution in [2.24, 2.45) is 0 Å². The number of nitrogens with zero attached hydrogens (tertiary/aromatic N) is 3. The standard InChI is InChI=1S/C21H22N4OS2/c26-19(25-14-8-3-9-15-25)18(16-10-4-1-5-11-16)27-21-24-23-20(28-21)22-17-12-6-2-7-13-17/h1-2,4-7,10-13,18H,3,8-9,14-15H2,(H,22,23). The van der Waals surface area contributed by atoms with Crippen molar-refractivity contribution in [2.75, 3.05) is 18.4 Å². The van der Waals surface area contributed by atoms with E-state index in [9.17, 15) is 4.79 Å². The zero-order chi connectivity index (χ0) is 19.2. The first-order chi connectivity index (χ1) is 13.8. The molecule has 2 heterocycles. The number of rotatable bonds is 6. The number of aromatic nitrogens is 2. The summed E-state index contributed by atoms with van der Waals surface area (Å²) in [5, 5.41) is 12.2. The Morgan fingerprint density at radius 3 is 2.36 bits per heavy atom. The lowest BCUT2D eigenvalue weighted by Crippen LogP contribution is -2.38. The van der Waals surface area contributed by atoms with Gasteiger partial charge in [-0.05, 0) is 37.0 Å². The summed E-state index contributed by atoms with van der Waals surface area (Å²) < 4.78 is 0.789. The molecule has 1 fully saturated rings. The van der Waals surface area contributed by atoms with Crippen LogP contribution in [0.1, 0.15) is 30.1 Å². The van der Waals surface area contributed by atoms with Crippen LogP contribution < -0.4 is 5.32 Å². The molecular weight excluding hydrogens is 388 g/mol. The Morgan fingerprint density at radius 2 is 1.64 bits per heavy atom. The van der Waals surface area contributed by atoms with Crippen molar-refractivity contribution < 1.29 is 4.79 Å². The van der Waals surface area contributed by atoms with Gasteiger partial charge in [-0.2, -0.15) is 0 Å². The molecule has 144 valence electrons. The summed E-state index contributed by atoms with van der Waals surface area (Å²) in [5.41, 5.74) is 1.98. The Hall–Kier alpha value is -2.38. The van der Waals surface area contributed by atoms with Crippen molar-refractivity contribution in [1.82, 2.24) is 15.1 Å². The number of likely N-dealkylation sites (tertiary alicyclic amines) is 1. The number of para-hydroxylation sites is 1. The first-order valence-electron chi connectivity index (χ1n) is 9.45. The van der Waals surface area contributed by atoms with Crippen LogP contribution in [0.3, 0.4) is 0 Å². The van der Waals surface area contributed by atoms with Gasteiger partial charge in [0.05, 0.1) is 0 Å². The Kier molecular flexibility index (Phi) is 6.24. The average molecular weight is 411 g/mol. The van der Waals surface area contributed by atoms with E-state index in [1.165, 1.54) is 29.5 Å². The van der Waals surface area contributed by atoms with Gasteiger partial charge in [-0.1, -0.05) is 71.6 Å². The van der Waals surface area contributed by atoms with E-state index >= 15 is 0 Å². The first-order valence-corrected chi connectivity index (χ1v) is 11.2. The molecule has 4 rings (SSSR count). The molecular formula is C21H22N4OS2. The normalized spacial score (nSPS) is 15.2. The van der Waals surface area contributed by atoms with Gasteiger partial charge in [0.15, 0.2) is 4.34 Å². The molecule has 28 heavy (non-hydrogen) atoms. The number of thioether (sulfide) groups is 1. The van der Waals surface area contributed by atoms with Crippen molar-refractivity contribution in [1.29, 1.82) is 0 Å². The minimum Gasteiger partial charge on any atom is -0.341 e. The second kappa shape index (κ2) is 9.21. The number of carbonyl (C=O) groups excluding carboxylic acids is 1. The quantitative estimate of drug-likeness (QED) is 0.571. The summed E-state index contributed by atoms with van der Waals surface area (Å²) in [7, 11) is 0. The lowest BCUT2D eigenvalue weighted by atomic mass is 10.1. The van der Waals surface area contributed by atoms with Crippen molar-refractivity contribution >= 4 is 39.8 Å². The average Bonchev–Trinajstić information content (AvgIpc) is 3.20. The number of amides is 1. The molecule has 1 atom stereocenters. The third-order valence-corrected chi connectivity index (χ3v) is 6.81. The molecule has 0 bridgehead atoms. The largest absolute Gasteiger partial charge is 0.341 e. The van der Waals surface area contributed by atoms with Crippen LogP contribution in [0, 0.1) is 0 Å². The van der Waals surface area contributed by atoms with Crippen molar-refractivity contribution in [2.45, 2.75) is 28.9 Å². The summed E-state index contributed by atoms with van der Waals surface area (Å²) in [6.07, 6.45) is 3.38. The van der Waals surface area contributed by atoms with E-state index in [1.54, 1.807) is 0 Å². The summed E-state index contributed by atoms with van der Waals surface area (Å²) in [5.74, 6) is 0.170. The number of piperidine rings is 1. The van der Waals surface area contributed by atoms with E-state index in [-0.39, 0.29) is 11.2 Å². The Labute approximate surface area is 173 Å². The highest BCUT2D eigenvalue weighted by molar-refractivity contribution is 8.01. The molecule has 1 aromatic heterocycles. The van der Waals surface area contributed by atoms with Crippen LogP contribution in [0.4, 0.5) is 10.8 Å². The topological polar surface area (TPSA) is 58.1 Å². The SMILES string of the molecule is O=C(C(Sc1nnc(Nc2ccccc2)s1)c1ccccc1)N1CCCCC1. The van der Waals surface area contributed by atoms with E-state index in [0.717, 1.165) is 46.7 Å². The highest BCUT2D eigenvalue weighted by atomic mass is 32.2. The van der Waals surface area contributed by atoms with Gasteiger partial charge >= 0.3 is 0 Å². The molecule has 0 spiro atoms. The molecule has 1 N–H and O–H groups in total. The number of anilines is 2. The van der Waals surface area contributed by atoms with Gasteiger partial charge in [0.1, 0.15) is 5.25 Å². The van der Waals surface area contributed by atoms with Gasteiger partial charge in [0.25, 0.3) is 0 Å². The number of benzene rings is 2. The van der Waals surface area contributed by atoms with E-state index < -0.39 is 0 Å². The first kappa shape index (κ1) is 19.0. The molecule has 1 saturated heterocycles. The Balaban J connectivity index is 1.52. The van der Waals surface area contributed by atoms with Crippen molar-refractivity contribution in [3.63, 3.8) is 0 Å². The fourth-order valence-electron chi connectivity index (χ4n) is 3.22. The molecule has 0 saturated carbocycles. The summed E-state index contributed by atoms with van der Waals surface area (Å²) in [6, 6.07) is 19.9. The van der Waals surface area contributed by atoms with E-state index in [4.69, 9.17) is 0 Å². The van der Waals surface area contributed by atoms with Crippen LogP contribution >= 0.6 is 23.1 Å². The third-order valence-electron chi connectivity index (χ3n) is 4.64. The minimum absolute atomic E-state index is 0.170. The second-order valence-electron chi connectivity index (χ2n) is 6.66. The zero-order valence-corrected chi connectivity index (χ0v) is 17.1. The molecule has 1 amide bonds. The molecule has 3 aromatic rings. The lowest BCUT2D eigenvalue weighted by molar-refractivity contribution is -0.131. The van der Waals surface area contributed by atoms with Crippen LogP contribution in [-0.2, 0) is 4.79 Å². The monoisotopic (exact) mass is 410 g/mol. The highest BCUT2D eigenvalue weighted by Gasteiger charge is 2.29. The molecule has 2 aromatic carbocycles. The third kappa shape index (κ3) is 4.72. The Bertz CT molecular complexity index is 895. The fourth-order valence-corrected chi connectivity index (χ4v) is 5.27. The maximum absolute atomic E-state index is 13.2. The lowest BCUT2D eigenvalue weighted by Gasteiger charge is -2.30. The van der Waals surface area contributed by atoms with Crippen LogP contribution in [0.25, 0.3) is 0 Å². The number of nitrogens with one attached hydrogen (secondary N) is 1. The maximum Gasteiger partial charge on any atom is 0.240 e. The smallest absolute Gasteiger partial charge is 0.240 e. The van der Waals surface area contributed by atoms with Crippen LogP contribution in [-0.4, -0.2) is 34.1 Å². The van der Waals surface area contributed by atoms with Crippen molar-refractivity contribution in [3.05, 3.63) is 66.2 Å². The van der Waals surface area contributed by atoms with Gasteiger partial charge < -0.3 is 10.2 Å². The molecule has 1 aliphatic rings. The fraction of sp³-hybridized carbons (Fsp3) is 0.286. The maximum atomic E-state index is 13.2. The number of carbonyl (C=O) groups is 1. The molecule has 0 aliphatic carbocycles.